The van der Waals surface area contributed by atoms with Crippen LogP contribution in [0.5, 0.6) is 11.5 Å². The van der Waals surface area contributed by atoms with E-state index in [1.54, 1.807) is 0 Å². The number of hydrogen-bond donors (Lipinski definition) is 1. The quantitative estimate of drug-likeness (QED) is 0.109. The molecule has 54 heavy (non-hydrogen) atoms. The van der Waals surface area contributed by atoms with Gasteiger partial charge < -0.3 is 23.8 Å². The first-order valence-electron chi connectivity index (χ1n) is 18.6. The SMILES string of the molecule is CC(C)(C)[S+]([O-])N1Cc2cc(C(=O)NCc3ccc4c(c3)OCO4)nc(-c3ccccc3)c2C1CCO[Si](c1ccccc1)(c1ccccc1)C(C)(C)C. The van der Waals surface area contributed by atoms with E-state index in [4.69, 9.17) is 18.9 Å². The van der Waals surface area contributed by atoms with Gasteiger partial charge in [-0.2, -0.15) is 0 Å². The highest BCUT2D eigenvalue weighted by Gasteiger charge is 2.51. The first-order valence-corrected chi connectivity index (χ1v) is 21.6. The van der Waals surface area contributed by atoms with E-state index in [1.165, 1.54) is 10.4 Å². The maximum absolute atomic E-state index is 14.4. The fourth-order valence-electron chi connectivity index (χ4n) is 7.69. The zero-order chi connectivity index (χ0) is 38.1. The highest BCUT2D eigenvalue weighted by atomic mass is 32.2. The lowest BCUT2D eigenvalue weighted by Crippen LogP contribution is -2.66. The summed E-state index contributed by atoms with van der Waals surface area (Å²) >= 11 is -1.35. The lowest BCUT2D eigenvalue weighted by Gasteiger charge is -2.43. The largest absolute Gasteiger partial charge is 0.597 e. The Bertz CT molecular complexity index is 2050. The van der Waals surface area contributed by atoms with Crippen LogP contribution in [0.15, 0.2) is 115 Å². The average Bonchev–Trinajstić information content (AvgIpc) is 3.79. The van der Waals surface area contributed by atoms with Gasteiger partial charge in [0.2, 0.25) is 6.79 Å². The number of rotatable bonds is 11. The molecule has 0 fully saturated rings. The van der Waals surface area contributed by atoms with Crippen molar-refractivity contribution in [2.45, 2.75) is 76.9 Å². The number of hydrogen-bond acceptors (Lipinski definition) is 7. The Morgan fingerprint density at radius 2 is 1.48 bits per heavy atom. The van der Waals surface area contributed by atoms with E-state index < -0.39 is 24.4 Å². The van der Waals surface area contributed by atoms with Crippen LogP contribution in [-0.4, -0.2) is 46.2 Å². The van der Waals surface area contributed by atoms with Gasteiger partial charge in [0.1, 0.15) is 10.4 Å². The number of pyridine rings is 1. The minimum Gasteiger partial charge on any atom is -0.597 e. The van der Waals surface area contributed by atoms with E-state index in [2.05, 4.69) is 91.1 Å². The van der Waals surface area contributed by atoms with Gasteiger partial charge in [-0.05, 0) is 71.9 Å². The van der Waals surface area contributed by atoms with Crippen LogP contribution in [0.1, 0.15) is 81.2 Å². The summed E-state index contributed by atoms with van der Waals surface area (Å²) in [6.07, 6.45) is 0.594. The van der Waals surface area contributed by atoms with E-state index in [0.717, 1.165) is 27.9 Å². The molecule has 0 bridgehead atoms. The molecule has 1 N–H and O–H groups in total. The number of benzene rings is 4. The van der Waals surface area contributed by atoms with Gasteiger partial charge >= 0.3 is 0 Å². The second-order valence-corrected chi connectivity index (χ2v) is 22.4. The Morgan fingerprint density at radius 3 is 2.09 bits per heavy atom. The molecule has 0 aliphatic carbocycles. The number of nitrogens with one attached hydrogen (secondary N) is 1. The highest BCUT2D eigenvalue weighted by molar-refractivity contribution is 7.90. The molecule has 0 saturated heterocycles. The molecule has 2 atom stereocenters. The summed E-state index contributed by atoms with van der Waals surface area (Å²) in [5, 5.41) is 5.30. The van der Waals surface area contributed by atoms with Crippen molar-refractivity contribution in [1.29, 1.82) is 0 Å². The molecule has 2 unspecified atom stereocenters. The van der Waals surface area contributed by atoms with Gasteiger partial charge in [-0.25, -0.2) is 4.98 Å². The Hall–Kier alpha value is -4.45. The molecule has 280 valence electrons. The van der Waals surface area contributed by atoms with Crippen molar-refractivity contribution in [3.63, 3.8) is 0 Å². The molecule has 8 nitrogen and oxygen atoms in total. The summed E-state index contributed by atoms with van der Waals surface area (Å²) in [6.45, 7) is 14.2. The van der Waals surface area contributed by atoms with Crippen molar-refractivity contribution in [2.24, 2.45) is 0 Å². The molecule has 10 heteroatoms. The molecule has 2 aliphatic heterocycles. The summed E-state index contributed by atoms with van der Waals surface area (Å²) in [5.41, 5.74) is 4.79. The highest BCUT2D eigenvalue weighted by Crippen LogP contribution is 2.46. The first-order chi connectivity index (χ1) is 25.9. The van der Waals surface area contributed by atoms with E-state index >= 15 is 0 Å². The van der Waals surface area contributed by atoms with Gasteiger partial charge in [0, 0.05) is 35.6 Å². The number of nitrogens with zero attached hydrogens (tertiary/aromatic N) is 2. The summed E-state index contributed by atoms with van der Waals surface area (Å²) in [4.78, 5) is 18.9. The van der Waals surface area contributed by atoms with E-state index in [-0.39, 0.29) is 23.8 Å². The van der Waals surface area contributed by atoms with Crippen LogP contribution >= 0.6 is 0 Å². The van der Waals surface area contributed by atoms with Crippen LogP contribution in [0, 0.1) is 0 Å². The second kappa shape index (κ2) is 15.4. The van der Waals surface area contributed by atoms with Crippen LogP contribution in [0.4, 0.5) is 0 Å². The molecule has 1 aromatic heterocycles. The normalized spacial score (nSPS) is 16.2. The van der Waals surface area contributed by atoms with E-state index in [0.29, 0.717) is 43.3 Å². The number of carbonyl (C=O) groups excluding carboxylic acids is 1. The lowest BCUT2D eigenvalue weighted by molar-refractivity contribution is 0.0945. The number of ether oxygens (including phenoxy) is 2. The van der Waals surface area contributed by atoms with Crippen molar-refractivity contribution in [2.75, 3.05) is 13.4 Å². The van der Waals surface area contributed by atoms with Gasteiger partial charge in [-0.1, -0.05) is 118 Å². The summed E-state index contributed by atoms with van der Waals surface area (Å²) in [5.74, 6) is 1.08. The molecule has 3 heterocycles. The lowest BCUT2D eigenvalue weighted by atomic mass is 9.96. The molecule has 0 radical (unpaired) electrons. The Kier molecular flexibility index (Phi) is 10.8. The smallest absolute Gasteiger partial charge is 0.270 e. The first kappa shape index (κ1) is 37.8. The number of carbonyl (C=O) groups is 1. The topological polar surface area (TPSA) is 96.0 Å². The molecule has 0 saturated carbocycles. The van der Waals surface area contributed by atoms with Crippen molar-refractivity contribution in [3.8, 4) is 22.8 Å². The monoisotopic (exact) mass is 759 g/mol. The molecular weight excluding hydrogens is 711 g/mol. The van der Waals surface area contributed by atoms with Crippen molar-refractivity contribution in [3.05, 3.63) is 138 Å². The standard InChI is InChI=1S/C44H49N3O5SSi/c1-43(2,3)53(49)47-29-33-27-36(42(48)45-28-31-22-23-38-39(26-31)51-30-50-38)46-41(32-16-10-7-11-17-32)40(33)37(47)24-25-52-54(44(4,5)6,34-18-12-8-13-19-34)35-20-14-9-15-21-35/h7-23,26-27,37H,24-25,28-30H2,1-6H3,(H,45,48). The van der Waals surface area contributed by atoms with Crippen LogP contribution in [0.25, 0.3) is 11.3 Å². The number of amides is 1. The van der Waals surface area contributed by atoms with Gasteiger partial charge in [0.25, 0.3) is 14.2 Å². The Balaban J connectivity index is 1.25. The van der Waals surface area contributed by atoms with Gasteiger partial charge in [-0.3, -0.25) is 4.79 Å². The maximum atomic E-state index is 14.4. The fraction of sp³-hybridized carbons (Fsp3) is 0.318. The predicted octanol–water partition coefficient (Wildman–Crippen LogP) is 7.69. The third kappa shape index (κ3) is 7.46. The predicted molar refractivity (Wildman–Crippen MR) is 218 cm³/mol. The van der Waals surface area contributed by atoms with Crippen molar-refractivity contribution >= 4 is 36.0 Å². The van der Waals surface area contributed by atoms with Crippen molar-refractivity contribution in [1.82, 2.24) is 14.6 Å². The van der Waals surface area contributed by atoms with Crippen LogP contribution in [0.2, 0.25) is 5.04 Å². The molecular formula is C44H49N3O5SSi. The molecule has 4 aromatic carbocycles. The third-order valence-corrected chi connectivity index (χ3v) is 17.1. The van der Waals surface area contributed by atoms with Gasteiger partial charge in [-0.15, -0.1) is 4.31 Å². The van der Waals surface area contributed by atoms with E-state index in [1.807, 2.05) is 75.4 Å². The molecule has 5 aromatic rings. The zero-order valence-electron chi connectivity index (χ0n) is 31.9. The summed E-state index contributed by atoms with van der Waals surface area (Å²) in [6, 6.07) is 38.5. The van der Waals surface area contributed by atoms with Gasteiger partial charge in [0.15, 0.2) is 11.5 Å². The molecule has 0 spiro atoms. The third-order valence-electron chi connectivity index (χ3n) is 10.2. The van der Waals surface area contributed by atoms with Crippen LogP contribution in [-0.2, 0) is 28.9 Å². The van der Waals surface area contributed by atoms with Gasteiger partial charge in [0.05, 0.1) is 18.3 Å². The zero-order valence-corrected chi connectivity index (χ0v) is 33.7. The van der Waals surface area contributed by atoms with Crippen molar-refractivity contribution < 1.29 is 23.2 Å². The van der Waals surface area contributed by atoms with Crippen LogP contribution in [0.3, 0.4) is 0 Å². The molecule has 7 rings (SSSR count). The fourth-order valence-corrected chi connectivity index (χ4v) is 13.7. The minimum absolute atomic E-state index is 0.184. The van der Waals surface area contributed by atoms with Crippen LogP contribution < -0.4 is 25.2 Å². The Labute approximate surface area is 323 Å². The number of fused-ring (bicyclic) bond motifs is 2. The molecule has 2 aliphatic rings. The maximum Gasteiger partial charge on any atom is 0.270 e. The summed E-state index contributed by atoms with van der Waals surface area (Å²) in [7, 11) is -2.82. The summed E-state index contributed by atoms with van der Waals surface area (Å²) < 4.78 is 34.3. The minimum atomic E-state index is -2.82. The average molecular weight is 760 g/mol. The second-order valence-electron chi connectivity index (χ2n) is 15.9. The van der Waals surface area contributed by atoms with E-state index in [9.17, 15) is 9.35 Å². The number of aromatic nitrogens is 1. The Morgan fingerprint density at radius 1 is 0.870 bits per heavy atom. The molecule has 1 amide bonds.